The van der Waals surface area contributed by atoms with Crippen LogP contribution in [-0.4, -0.2) is 100 Å². The molecule has 1 saturated carbocycles. The van der Waals surface area contributed by atoms with Gasteiger partial charge in [-0.1, -0.05) is 0 Å². The first-order valence-electron chi connectivity index (χ1n) is 8.76. The molecule has 1 aliphatic carbocycles. The van der Waals surface area contributed by atoms with Gasteiger partial charge in [-0.05, 0) is 0 Å². The molecule has 0 aromatic carbocycles. The summed E-state index contributed by atoms with van der Waals surface area (Å²) in [5.41, 5.74) is 0. The second-order valence-corrected chi connectivity index (χ2v) is 16.0. The van der Waals surface area contributed by atoms with E-state index in [0.717, 1.165) is 0 Å². The van der Waals surface area contributed by atoms with Crippen LogP contribution in [0.15, 0.2) is 0 Å². The van der Waals surface area contributed by atoms with Crippen molar-refractivity contribution in [2.24, 2.45) is 0 Å². The quantitative estimate of drug-likeness (QED) is 0.0788. The number of hydrogen-bond acceptors (Lipinski definition) is 15. The zero-order valence-electron chi connectivity index (χ0n) is 18.1. The van der Waals surface area contributed by atoms with Crippen LogP contribution in [0.3, 0.4) is 0 Å². The Morgan fingerprint density at radius 2 is 0.575 bits per heavy atom. The third kappa shape index (κ3) is 14.5. The summed E-state index contributed by atoms with van der Waals surface area (Å²) in [7, 11) is -43.0. The second-order valence-electron chi connectivity index (χ2n) is 6.89. The van der Waals surface area contributed by atoms with Crippen molar-refractivity contribution in [1.29, 1.82) is 0 Å². The number of aliphatic hydroxyl groups is 1. The summed E-state index contributed by atoms with van der Waals surface area (Å²) in [6.45, 7) is 0. The maximum Gasteiger partial charge on any atom is 0.481 e. The van der Waals surface area contributed by atoms with E-state index in [9.17, 15) is 56.6 Å². The Bertz CT molecular complexity index is 1230. The molecule has 40 heavy (non-hydrogen) atoms. The van der Waals surface area contributed by atoms with E-state index in [1.54, 1.807) is 0 Å². The first kappa shape index (κ1) is 38.8. The van der Waals surface area contributed by atoms with E-state index in [1.807, 2.05) is 0 Å². The van der Waals surface area contributed by atoms with Crippen molar-refractivity contribution >= 4 is 54.8 Å². The molecule has 13 N–H and O–H groups in total. The fourth-order valence-corrected chi connectivity index (χ4v) is 8.07. The molecule has 0 spiro atoms. The summed E-state index contributed by atoms with van der Waals surface area (Å²) >= 11 is 0. The van der Waals surface area contributed by atoms with Crippen LogP contribution in [0.5, 0.6) is 0 Å². The number of phosphoric ester groups is 5. The Kier molecular flexibility index (Phi) is 12.7. The molecule has 0 amide bonds. The molecule has 0 bridgehead atoms. The molecule has 1 rings (SSSR count). The maximum absolute atomic E-state index is 12.2. The highest BCUT2D eigenvalue weighted by atomic mass is 31.3. The molecule has 0 saturated heterocycles. The van der Waals surface area contributed by atoms with Gasteiger partial charge in [-0.2, -0.15) is 8.62 Å². The standard InChI is InChI=1S/C6H19O27P7/c7-1-2(27-34(8,9)10)4(28-35(11,12)13)6(29-36(14,15)16)5(31-40(25,26)33-38(20,21)22)3(1)30-39(23,24)32-37(17,18)19/h1-7H,(H,23,24)(H,25,26)(H2,8,9,10)(H2,11,12,13)(H2,14,15,16)(H2,17,18,19)(H2,20,21,22)/t1-,2-,3+,4+,5+,6-/m0/s1. The minimum atomic E-state index is -6.39. The Morgan fingerprint density at radius 1 is 0.350 bits per heavy atom. The predicted molar refractivity (Wildman–Crippen MR) is 112 cm³/mol. The SMILES string of the molecule is O=P(O)(O)O[C@@H]1[C@H](OP(=O)(O)OP(=O)(O)O)[C@H](OP(=O)(O)OP(=O)(O)O)[C@@H](O)[C@H](OP(=O)(O)O)[C@H]1OP(=O)(O)O. The highest BCUT2D eigenvalue weighted by Crippen LogP contribution is 2.63. The molecular weight excluding hydrogens is 721 g/mol. The van der Waals surface area contributed by atoms with E-state index >= 15 is 0 Å². The summed E-state index contributed by atoms with van der Waals surface area (Å²) in [6.07, 6.45) is -19.5. The molecule has 1 fully saturated rings. The smallest absolute Gasteiger partial charge is 0.387 e. The average Bonchev–Trinajstić information content (AvgIpc) is 2.57. The van der Waals surface area contributed by atoms with Crippen molar-refractivity contribution in [3.05, 3.63) is 0 Å². The van der Waals surface area contributed by atoms with E-state index in [4.69, 9.17) is 39.1 Å². The molecular formula is C6H19O27P7. The molecule has 27 nitrogen and oxygen atoms in total. The number of phosphoric acid groups is 7. The summed E-state index contributed by atoms with van der Waals surface area (Å²) in [5.74, 6) is 0. The summed E-state index contributed by atoms with van der Waals surface area (Å²) < 4.78 is 108. The molecule has 0 radical (unpaired) electrons. The van der Waals surface area contributed by atoms with Crippen molar-refractivity contribution < 1.29 is 127 Å². The van der Waals surface area contributed by atoms with Gasteiger partial charge < -0.3 is 63.8 Å². The molecule has 34 heteroatoms. The lowest BCUT2D eigenvalue weighted by Crippen LogP contribution is -2.66. The summed E-state index contributed by atoms with van der Waals surface area (Å²) in [5, 5.41) is 10.5. The van der Waals surface area contributed by atoms with Gasteiger partial charge in [-0.15, -0.1) is 0 Å². The van der Waals surface area contributed by atoms with Gasteiger partial charge in [0.1, 0.15) is 36.6 Å². The molecule has 8 atom stereocenters. The maximum atomic E-state index is 12.2. The molecule has 1 aliphatic rings. The van der Waals surface area contributed by atoms with Gasteiger partial charge in [0.05, 0.1) is 0 Å². The summed E-state index contributed by atoms with van der Waals surface area (Å²) in [4.78, 5) is 109. The topological polar surface area (TPSA) is 447 Å². The summed E-state index contributed by atoms with van der Waals surface area (Å²) in [6, 6.07) is 0. The van der Waals surface area contributed by atoms with E-state index in [-0.39, 0.29) is 0 Å². The van der Waals surface area contributed by atoms with Crippen molar-refractivity contribution in [1.82, 2.24) is 0 Å². The van der Waals surface area contributed by atoms with Gasteiger partial charge in [0.25, 0.3) is 0 Å². The van der Waals surface area contributed by atoms with Crippen molar-refractivity contribution in [3.63, 3.8) is 0 Å². The van der Waals surface area contributed by atoms with Gasteiger partial charge in [-0.3, -0.25) is 22.6 Å². The number of aliphatic hydroxyl groups excluding tert-OH is 1. The highest BCUT2D eigenvalue weighted by molar-refractivity contribution is 7.61. The predicted octanol–water partition coefficient (Wildman–Crippen LogP) is -3.02. The van der Waals surface area contributed by atoms with Gasteiger partial charge in [0.2, 0.25) is 0 Å². The zero-order chi connectivity index (χ0) is 31.9. The lowest BCUT2D eigenvalue weighted by atomic mass is 9.85. The van der Waals surface area contributed by atoms with Crippen LogP contribution in [-0.2, 0) is 63.2 Å². The van der Waals surface area contributed by atoms with Crippen LogP contribution in [0.2, 0.25) is 0 Å². The molecule has 0 aromatic heterocycles. The minimum absolute atomic E-state index is 3.13. The first-order valence-corrected chi connectivity index (χ1v) is 19.4. The third-order valence-electron chi connectivity index (χ3n) is 3.67. The van der Waals surface area contributed by atoms with Gasteiger partial charge in [0.15, 0.2) is 0 Å². The third-order valence-corrected chi connectivity index (χ3v) is 9.60. The van der Waals surface area contributed by atoms with E-state index in [1.165, 1.54) is 0 Å². The lowest BCUT2D eigenvalue weighted by molar-refractivity contribution is -0.205. The van der Waals surface area contributed by atoms with Crippen LogP contribution in [0.25, 0.3) is 0 Å². The zero-order valence-corrected chi connectivity index (χ0v) is 24.4. The fraction of sp³-hybridized carbons (Fsp3) is 1.00. The average molecular weight is 740 g/mol. The van der Waals surface area contributed by atoms with Crippen LogP contribution in [0, 0.1) is 0 Å². The van der Waals surface area contributed by atoms with E-state index in [0.29, 0.717) is 0 Å². The minimum Gasteiger partial charge on any atom is -0.387 e. The van der Waals surface area contributed by atoms with Gasteiger partial charge >= 0.3 is 54.8 Å². The van der Waals surface area contributed by atoms with Gasteiger partial charge in [-0.25, -0.2) is 32.0 Å². The normalized spacial score (nSPS) is 30.4. The van der Waals surface area contributed by atoms with Crippen LogP contribution < -0.4 is 0 Å². The number of rotatable bonds is 14. The van der Waals surface area contributed by atoms with Crippen molar-refractivity contribution in [2.75, 3.05) is 0 Å². The van der Waals surface area contributed by atoms with Crippen molar-refractivity contribution in [2.45, 2.75) is 36.6 Å². The molecule has 2 unspecified atom stereocenters. The number of hydrogen-bond donors (Lipinski definition) is 13. The Hall–Kier alpha value is 0.810. The largest absolute Gasteiger partial charge is 0.481 e. The molecule has 240 valence electrons. The highest BCUT2D eigenvalue weighted by Gasteiger charge is 2.61. The van der Waals surface area contributed by atoms with Crippen LogP contribution >= 0.6 is 54.8 Å². The molecule has 0 aromatic rings. The van der Waals surface area contributed by atoms with Gasteiger partial charge in [0, 0.05) is 0 Å². The first-order chi connectivity index (χ1) is 17.3. The van der Waals surface area contributed by atoms with E-state index in [2.05, 4.69) is 31.2 Å². The van der Waals surface area contributed by atoms with Crippen LogP contribution in [0.4, 0.5) is 0 Å². The Balaban J connectivity index is 3.95. The van der Waals surface area contributed by atoms with Crippen molar-refractivity contribution in [3.8, 4) is 0 Å². The molecule has 0 heterocycles. The monoisotopic (exact) mass is 740 g/mol. The molecule has 0 aliphatic heterocycles. The Labute approximate surface area is 219 Å². The second kappa shape index (κ2) is 13.0. The lowest BCUT2D eigenvalue weighted by Gasteiger charge is -2.47. The Morgan fingerprint density at radius 3 is 0.875 bits per heavy atom. The van der Waals surface area contributed by atoms with E-state index < -0.39 is 91.4 Å². The fourth-order valence-electron chi connectivity index (χ4n) is 2.83. The van der Waals surface area contributed by atoms with Crippen LogP contribution in [0.1, 0.15) is 0 Å².